The molecular formula is C28H37ClN10O. The van der Waals surface area contributed by atoms with Gasteiger partial charge in [0.1, 0.15) is 5.82 Å². The molecule has 3 N–H and O–H groups in total. The van der Waals surface area contributed by atoms with Crippen LogP contribution in [0.4, 0.5) is 17.3 Å². The van der Waals surface area contributed by atoms with Crippen molar-refractivity contribution in [3.63, 3.8) is 0 Å². The Hall–Kier alpha value is -3.28. The van der Waals surface area contributed by atoms with Gasteiger partial charge in [0.15, 0.2) is 17.0 Å². The number of nitrogens with two attached hydrogens (primary N) is 1. The molecule has 7 heterocycles. The van der Waals surface area contributed by atoms with E-state index in [2.05, 4.69) is 64.2 Å². The number of aromatic amines is 1. The lowest BCUT2D eigenvalue weighted by Crippen LogP contribution is -2.50. The Labute approximate surface area is 239 Å². The van der Waals surface area contributed by atoms with Crippen molar-refractivity contribution in [3.05, 3.63) is 36.4 Å². The van der Waals surface area contributed by atoms with Gasteiger partial charge in [-0.1, -0.05) is 0 Å². The van der Waals surface area contributed by atoms with Crippen LogP contribution in [0.5, 0.6) is 0 Å². The standard InChI is InChI=1S/C28H36N10O.ClH/c1-17(2)38-15-19(13-31-38)20-6-7-22-21(32-20)5-4-10-37(22)27-24-26(34-35-27)33-23(14-30-24)36-11-8-28(9-12-36)16-39-18(3)25(28)29;/h6-7,13-15,17-18,25H,4-5,8-12,16,29H2,1-3H3,(H,33,34,35);1H/t18-,25+;/m0./s1. The van der Waals surface area contributed by atoms with Crippen molar-refractivity contribution in [2.45, 2.75) is 64.6 Å². The van der Waals surface area contributed by atoms with Crippen LogP contribution in [0.25, 0.3) is 22.4 Å². The molecule has 0 aliphatic carbocycles. The van der Waals surface area contributed by atoms with E-state index in [4.69, 9.17) is 25.4 Å². The van der Waals surface area contributed by atoms with Crippen LogP contribution in [0.1, 0.15) is 51.8 Å². The average molecular weight is 565 g/mol. The molecule has 11 nitrogen and oxygen atoms in total. The van der Waals surface area contributed by atoms with Crippen LogP contribution in [-0.4, -0.2) is 73.3 Å². The zero-order valence-corrected chi connectivity index (χ0v) is 24.1. The highest BCUT2D eigenvalue weighted by Gasteiger charge is 2.47. The van der Waals surface area contributed by atoms with Gasteiger partial charge in [0, 0.05) is 48.9 Å². The van der Waals surface area contributed by atoms with Crippen LogP contribution in [0.3, 0.4) is 0 Å². The number of H-pyrrole nitrogens is 1. The molecule has 0 bridgehead atoms. The number of hydrogen-bond acceptors (Lipinski definition) is 9. The smallest absolute Gasteiger partial charge is 0.183 e. The zero-order chi connectivity index (χ0) is 26.7. The number of pyridine rings is 1. The molecule has 0 radical (unpaired) electrons. The van der Waals surface area contributed by atoms with E-state index in [0.717, 1.165) is 91.7 Å². The summed E-state index contributed by atoms with van der Waals surface area (Å²) in [6, 6.07) is 4.63. The predicted octanol–water partition coefficient (Wildman–Crippen LogP) is 4.03. The topological polar surface area (TPSA) is 127 Å². The fourth-order valence-electron chi connectivity index (χ4n) is 6.36. The molecule has 0 aromatic carbocycles. The molecular weight excluding hydrogens is 528 g/mol. The monoisotopic (exact) mass is 564 g/mol. The number of nitrogens with one attached hydrogen (secondary N) is 1. The van der Waals surface area contributed by atoms with E-state index in [9.17, 15) is 0 Å². The average Bonchev–Trinajstić information content (AvgIpc) is 3.68. The van der Waals surface area contributed by atoms with E-state index in [-0.39, 0.29) is 30.0 Å². The lowest BCUT2D eigenvalue weighted by atomic mass is 9.73. The van der Waals surface area contributed by atoms with Gasteiger partial charge >= 0.3 is 0 Å². The van der Waals surface area contributed by atoms with Crippen LogP contribution < -0.4 is 15.5 Å². The van der Waals surface area contributed by atoms with Crippen molar-refractivity contribution < 1.29 is 4.74 Å². The fourth-order valence-corrected chi connectivity index (χ4v) is 6.36. The molecule has 7 rings (SSSR count). The summed E-state index contributed by atoms with van der Waals surface area (Å²) in [7, 11) is 0. The quantitative estimate of drug-likeness (QED) is 0.377. The van der Waals surface area contributed by atoms with Crippen LogP contribution in [0.15, 0.2) is 30.7 Å². The second kappa shape index (κ2) is 10.3. The number of fused-ring (bicyclic) bond motifs is 2. The first-order valence-corrected chi connectivity index (χ1v) is 14.1. The maximum Gasteiger partial charge on any atom is 0.183 e. The summed E-state index contributed by atoms with van der Waals surface area (Å²) >= 11 is 0. The minimum atomic E-state index is 0. The second-order valence-corrected chi connectivity index (χ2v) is 11.6. The third-order valence-corrected chi connectivity index (χ3v) is 8.89. The SMILES string of the molecule is CC(C)n1cc(-c2ccc3c(n2)CCCN3c2n[nH]c3nc(N4CCC5(CC4)CO[C@@H](C)[C@H]5N)cnc23)cn1.Cl. The highest BCUT2D eigenvalue weighted by Crippen LogP contribution is 2.42. The van der Waals surface area contributed by atoms with E-state index in [1.54, 1.807) is 0 Å². The molecule has 0 unspecified atom stereocenters. The molecule has 4 aromatic rings. The van der Waals surface area contributed by atoms with Crippen molar-refractivity contribution in [3.8, 4) is 11.3 Å². The van der Waals surface area contributed by atoms with Crippen LogP contribution in [-0.2, 0) is 11.2 Å². The van der Waals surface area contributed by atoms with Gasteiger partial charge in [-0.3, -0.25) is 14.8 Å². The van der Waals surface area contributed by atoms with E-state index < -0.39 is 0 Å². The van der Waals surface area contributed by atoms with Gasteiger partial charge < -0.3 is 20.3 Å². The van der Waals surface area contributed by atoms with Gasteiger partial charge in [-0.2, -0.15) is 10.2 Å². The first-order valence-electron chi connectivity index (χ1n) is 14.1. The summed E-state index contributed by atoms with van der Waals surface area (Å²) in [4.78, 5) is 19.3. The van der Waals surface area contributed by atoms with Crippen LogP contribution in [0, 0.1) is 5.41 Å². The Balaban J connectivity index is 0.00000289. The summed E-state index contributed by atoms with van der Waals surface area (Å²) in [6.07, 6.45) is 9.89. The highest BCUT2D eigenvalue weighted by molar-refractivity contribution is 5.87. The molecule has 2 fully saturated rings. The van der Waals surface area contributed by atoms with Gasteiger partial charge in [-0.15, -0.1) is 12.4 Å². The Morgan fingerprint density at radius 1 is 1.12 bits per heavy atom. The number of halogens is 1. The van der Waals surface area contributed by atoms with Gasteiger partial charge in [0.25, 0.3) is 0 Å². The molecule has 0 amide bonds. The summed E-state index contributed by atoms with van der Waals surface area (Å²) < 4.78 is 7.85. The lowest BCUT2D eigenvalue weighted by molar-refractivity contribution is 0.0974. The molecule has 2 saturated heterocycles. The third kappa shape index (κ3) is 4.40. The molecule has 212 valence electrons. The Morgan fingerprint density at radius 3 is 2.67 bits per heavy atom. The molecule has 40 heavy (non-hydrogen) atoms. The number of piperidine rings is 1. The first kappa shape index (κ1) is 26.9. The van der Waals surface area contributed by atoms with E-state index in [1.807, 2.05) is 17.1 Å². The number of aromatic nitrogens is 7. The van der Waals surface area contributed by atoms with Crippen LogP contribution >= 0.6 is 12.4 Å². The number of anilines is 3. The number of ether oxygens (including phenoxy) is 1. The van der Waals surface area contributed by atoms with Gasteiger partial charge in [-0.05, 0) is 58.6 Å². The van der Waals surface area contributed by atoms with Crippen molar-refractivity contribution in [2.75, 3.05) is 36.0 Å². The Morgan fingerprint density at radius 2 is 1.95 bits per heavy atom. The summed E-state index contributed by atoms with van der Waals surface area (Å²) in [5, 5.41) is 12.3. The van der Waals surface area contributed by atoms with E-state index >= 15 is 0 Å². The summed E-state index contributed by atoms with van der Waals surface area (Å²) in [5.74, 6) is 1.67. The minimum Gasteiger partial charge on any atom is -0.376 e. The number of aryl methyl sites for hydroxylation is 1. The van der Waals surface area contributed by atoms with Gasteiger partial charge in [0.2, 0.25) is 0 Å². The molecule has 1 spiro atoms. The molecule has 4 aromatic heterocycles. The van der Waals surface area contributed by atoms with E-state index in [1.165, 1.54) is 0 Å². The van der Waals surface area contributed by atoms with Crippen molar-refractivity contribution in [1.82, 2.24) is 34.9 Å². The number of nitrogens with zero attached hydrogens (tertiary/aromatic N) is 8. The van der Waals surface area contributed by atoms with E-state index in [0.29, 0.717) is 11.7 Å². The Kier molecular flexibility index (Phi) is 6.92. The lowest BCUT2D eigenvalue weighted by Gasteiger charge is -2.41. The predicted molar refractivity (Wildman–Crippen MR) is 157 cm³/mol. The summed E-state index contributed by atoms with van der Waals surface area (Å²) in [5.41, 5.74) is 12.2. The number of hydrogen-bond donors (Lipinski definition) is 2. The molecule has 3 aliphatic rings. The summed E-state index contributed by atoms with van der Waals surface area (Å²) in [6.45, 7) is 9.74. The van der Waals surface area contributed by atoms with Crippen molar-refractivity contribution in [1.29, 1.82) is 0 Å². The minimum absolute atomic E-state index is 0. The largest absolute Gasteiger partial charge is 0.376 e. The highest BCUT2D eigenvalue weighted by atomic mass is 35.5. The molecule has 0 saturated carbocycles. The van der Waals surface area contributed by atoms with Crippen molar-refractivity contribution in [2.24, 2.45) is 11.1 Å². The van der Waals surface area contributed by atoms with Crippen LogP contribution in [0.2, 0.25) is 0 Å². The molecule has 3 aliphatic heterocycles. The zero-order valence-electron chi connectivity index (χ0n) is 23.2. The molecule has 2 atom stereocenters. The normalized spacial score (nSPS) is 22.2. The maximum atomic E-state index is 6.51. The van der Waals surface area contributed by atoms with Crippen molar-refractivity contribution >= 4 is 40.9 Å². The third-order valence-electron chi connectivity index (χ3n) is 8.89. The maximum absolute atomic E-state index is 6.51. The second-order valence-electron chi connectivity index (χ2n) is 11.6. The fraction of sp³-hybridized carbons (Fsp3) is 0.536. The first-order chi connectivity index (χ1) is 18.9. The van der Waals surface area contributed by atoms with Gasteiger partial charge in [0.05, 0.1) is 42.2 Å². The Bertz CT molecular complexity index is 1510. The number of rotatable bonds is 4. The van der Waals surface area contributed by atoms with Gasteiger partial charge in [-0.25, -0.2) is 9.97 Å². The molecule has 12 heteroatoms.